The molecule has 0 fully saturated rings. The van der Waals surface area contributed by atoms with E-state index in [1.807, 2.05) is 35.8 Å². The van der Waals surface area contributed by atoms with E-state index in [1.54, 1.807) is 4.57 Å². The minimum Gasteiger partial charge on any atom is -0.317 e. The molecule has 5 rings (SSSR count). The Hall–Kier alpha value is -4.34. The molecule has 0 spiro atoms. The fraction of sp³-hybridized carbons (Fsp3) is 0.357. The van der Waals surface area contributed by atoms with Crippen LogP contribution in [0.15, 0.2) is 58.1 Å². The van der Waals surface area contributed by atoms with Gasteiger partial charge in [-0.3, -0.25) is 13.9 Å². The molecule has 0 radical (unpaired) electrons. The Morgan fingerprint density at radius 1 is 0.895 bits per heavy atom. The van der Waals surface area contributed by atoms with Crippen LogP contribution < -0.4 is 11.2 Å². The minimum atomic E-state index is -0.302. The number of tetrazole rings is 1. The molecule has 0 aliphatic heterocycles. The Morgan fingerprint density at radius 3 is 2.21 bits per heavy atom. The van der Waals surface area contributed by atoms with Crippen LogP contribution in [0.1, 0.15) is 51.9 Å². The average Bonchev–Trinajstić information content (AvgIpc) is 3.56. The number of nitrogens with one attached hydrogen (secondary N) is 1. The molecule has 1 N–H and O–H groups in total. The van der Waals surface area contributed by atoms with E-state index in [2.05, 4.69) is 72.6 Å². The summed E-state index contributed by atoms with van der Waals surface area (Å²) in [6.07, 6.45) is 0. The van der Waals surface area contributed by atoms with Gasteiger partial charge in [0.15, 0.2) is 17.0 Å². The number of aromatic nitrogens is 8. The van der Waals surface area contributed by atoms with Crippen molar-refractivity contribution in [2.75, 3.05) is 0 Å². The Morgan fingerprint density at radius 2 is 1.61 bits per heavy atom. The van der Waals surface area contributed by atoms with Gasteiger partial charge in [-0.25, -0.2) is 14.9 Å². The van der Waals surface area contributed by atoms with Crippen molar-refractivity contribution in [2.24, 2.45) is 5.92 Å². The van der Waals surface area contributed by atoms with E-state index in [9.17, 15) is 9.59 Å². The van der Waals surface area contributed by atoms with Gasteiger partial charge >= 0.3 is 5.69 Å². The maximum atomic E-state index is 13.5. The second-order valence-electron chi connectivity index (χ2n) is 10.2. The van der Waals surface area contributed by atoms with Crippen LogP contribution in [0.3, 0.4) is 0 Å². The van der Waals surface area contributed by atoms with Gasteiger partial charge in [0, 0.05) is 31.1 Å². The lowest BCUT2D eigenvalue weighted by Crippen LogP contribution is -2.40. The lowest BCUT2D eigenvalue weighted by molar-refractivity contribution is 0.491. The minimum absolute atomic E-state index is 0.0705. The SMILES string of the molecule is CCn1c(=O)c2c(nc(C(C)C)n2Cc2ccc(-c3ccccc3-c3nnn[nH]3)cc2)n(CC(C)C)c1=O. The van der Waals surface area contributed by atoms with Crippen molar-refractivity contribution < 1.29 is 0 Å². The number of H-pyrrole nitrogens is 1. The molecule has 0 aliphatic carbocycles. The number of hydrogen-bond donors (Lipinski definition) is 1. The predicted molar refractivity (Wildman–Crippen MR) is 147 cm³/mol. The second kappa shape index (κ2) is 10.2. The third kappa shape index (κ3) is 4.46. The fourth-order valence-corrected chi connectivity index (χ4v) is 4.90. The molecule has 0 aliphatic rings. The van der Waals surface area contributed by atoms with Crippen molar-refractivity contribution in [3.05, 3.63) is 80.8 Å². The molecule has 0 unspecified atom stereocenters. The molecule has 2 aromatic carbocycles. The summed E-state index contributed by atoms with van der Waals surface area (Å²) in [5.74, 6) is 1.70. The van der Waals surface area contributed by atoms with Crippen LogP contribution in [0.5, 0.6) is 0 Å². The van der Waals surface area contributed by atoms with Crippen molar-refractivity contribution >= 4 is 11.2 Å². The highest BCUT2D eigenvalue weighted by Crippen LogP contribution is 2.30. The van der Waals surface area contributed by atoms with E-state index in [4.69, 9.17) is 4.98 Å². The number of benzene rings is 2. The summed E-state index contributed by atoms with van der Waals surface area (Å²) in [6.45, 7) is 11.3. The van der Waals surface area contributed by atoms with Gasteiger partial charge < -0.3 is 4.57 Å². The second-order valence-corrected chi connectivity index (χ2v) is 10.2. The molecule has 0 amide bonds. The van der Waals surface area contributed by atoms with E-state index in [0.29, 0.717) is 36.6 Å². The fourth-order valence-electron chi connectivity index (χ4n) is 4.90. The van der Waals surface area contributed by atoms with Crippen molar-refractivity contribution in [1.82, 2.24) is 39.3 Å². The standard InChI is InChI=1S/C28H32N8O2/c1-6-34-27(37)23-26(36(28(34)38)15-17(2)3)29-25(18(4)5)35(23)16-19-11-13-20(14-12-19)21-9-7-8-10-22(21)24-30-32-33-31-24/h7-14,17-18H,6,15-16H2,1-5H3,(H,30,31,32,33). The van der Waals surface area contributed by atoms with E-state index in [1.165, 1.54) is 4.57 Å². The molecule has 3 aromatic heterocycles. The van der Waals surface area contributed by atoms with Gasteiger partial charge in [-0.15, -0.1) is 5.10 Å². The smallest absolute Gasteiger partial charge is 0.317 e. The normalized spacial score (nSPS) is 11.8. The number of nitrogens with zero attached hydrogens (tertiary/aromatic N) is 7. The molecule has 0 bridgehead atoms. The summed E-state index contributed by atoms with van der Waals surface area (Å²) in [5.41, 5.74) is 4.32. The van der Waals surface area contributed by atoms with Crippen molar-refractivity contribution in [3.8, 4) is 22.5 Å². The maximum Gasteiger partial charge on any atom is 0.332 e. The Balaban J connectivity index is 1.60. The van der Waals surface area contributed by atoms with E-state index >= 15 is 0 Å². The highest BCUT2D eigenvalue weighted by molar-refractivity contribution is 5.80. The quantitative estimate of drug-likeness (QED) is 0.335. The van der Waals surface area contributed by atoms with Crippen LogP contribution in [0, 0.1) is 5.92 Å². The molecular formula is C28H32N8O2. The topological polar surface area (TPSA) is 116 Å². The first-order valence-corrected chi connectivity index (χ1v) is 13.0. The Kier molecular flexibility index (Phi) is 6.79. The molecule has 0 atom stereocenters. The van der Waals surface area contributed by atoms with Crippen LogP contribution in [-0.4, -0.2) is 39.3 Å². The van der Waals surface area contributed by atoms with Crippen LogP contribution in [0.25, 0.3) is 33.7 Å². The average molecular weight is 513 g/mol. The Bertz CT molecular complexity index is 1690. The molecular weight excluding hydrogens is 480 g/mol. The molecule has 10 heteroatoms. The first kappa shape index (κ1) is 25.3. The summed E-state index contributed by atoms with van der Waals surface area (Å²) < 4.78 is 4.95. The zero-order chi connectivity index (χ0) is 27.0. The lowest BCUT2D eigenvalue weighted by Gasteiger charge is -2.14. The monoisotopic (exact) mass is 512 g/mol. The summed E-state index contributed by atoms with van der Waals surface area (Å²) in [5, 5.41) is 14.3. The van der Waals surface area contributed by atoms with Gasteiger partial charge in [0.25, 0.3) is 5.56 Å². The van der Waals surface area contributed by atoms with Gasteiger partial charge in [0.05, 0.1) is 0 Å². The summed E-state index contributed by atoms with van der Waals surface area (Å²) in [4.78, 5) is 31.5. The molecule has 196 valence electrons. The van der Waals surface area contributed by atoms with E-state index in [0.717, 1.165) is 28.1 Å². The zero-order valence-electron chi connectivity index (χ0n) is 22.3. The molecule has 0 saturated heterocycles. The maximum absolute atomic E-state index is 13.5. The van der Waals surface area contributed by atoms with Crippen LogP contribution in [0.4, 0.5) is 0 Å². The first-order chi connectivity index (χ1) is 18.3. The van der Waals surface area contributed by atoms with E-state index in [-0.39, 0.29) is 23.1 Å². The summed E-state index contributed by atoms with van der Waals surface area (Å²) >= 11 is 0. The first-order valence-electron chi connectivity index (χ1n) is 13.0. The van der Waals surface area contributed by atoms with Crippen LogP contribution >= 0.6 is 0 Å². The number of hydrogen-bond acceptors (Lipinski definition) is 6. The summed E-state index contributed by atoms with van der Waals surface area (Å²) in [6, 6.07) is 16.2. The van der Waals surface area contributed by atoms with Gasteiger partial charge in [0.1, 0.15) is 5.82 Å². The van der Waals surface area contributed by atoms with E-state index < -0.39 is 0 Å². The highest BCUT2D eigenvalue weighted by atomic mass is 16.2. The zero-order valence-corrected chi connectivity index (χ0v) is 22.3. The molecule has 0 saturated carbocycles. The van der Waals surface area contributed by atoms with Gasteiger partial charge in [-0.1, -0.05) is 76.2 Å². The highest BCUT2D eigenvalue weighted by Gasteiger charge is 2.23. The molecule has 3 heterocycles. The molecule has 10 nitrogen and oxygen atoms in total. The largest absolute Gasteiger partial charge is 0.332 e. The molecule has 38 heavy (non-hydrogen) atoms. The van der Waals surface area contributed by atoms with Crippen LogP contribution in [-0.2, 0) is 19.6 Å². The van der Waals surface area contributed by atoms with Crippen LogP contribution in [0.2, 0.25) is 0 Å². The third-order valence-corrected chi connectivity index (χ3v) is 6.66. The number of aromatic amines is 1. The van der Waals surface area contributed by atoms with Gasteiger partial charge in [0.2, 0.25) is 0 Å². The van der Waals surface area contributed by atoms with Crippen molar-refractivity contribution in [2.45, 2.75) is 60.2 Å². The number of rotatable bonds is 8. The predicted octanol–water partition coefficient (Wildman–Crippen LogP) is 4.05. The lowest BCUT2D eigenvalue weighted by atomic mass is 9.98. The molecule has 5 aromatic rings. The van der Waals surface area contributed by atoms with Gasteiger partial charge in [-0.05, 0) is 40.0 Å². The van der Waals surface area contributed by atoms with Gasteiger partial charge in [-0.2, -0.15) is 0 Å². The van der Waals surface area contributed by atoms with Crippen molar-refractivity contribution in [1.29, 1.82) is 0 Å². The number of fused-ring (bicyclic) bond motifs is 1. The third-order valence-electron chi connectivity index (χ3n) is 6.66. The van der Waals surface area contributed by atoms with Crippen molar-refractivity contribution in [3.63, 3.8) is 0 Å². The Labute approximate surface area is 220 Å². The summed E-state index contributed by atoms with van der Waals surface area (Å²) in [7, 11) is 0. The number of imidazole rings is 1.